The third-order valence-corrected chi connectivity index (χ3v) is 2.83. The number of nitrogens with zero attached hydrogens (tertiary/aromatic N) is 1. The van der Waals surface area contributed by atoms with Gasteiger partial charge in [0.05, 0.1) is 6.61 Å². The first-order valence-corrected chi connectivity index (χ1v) is 5.42. The van der Waals surface area contributed by atoms with Crippen molar-refractivity contribution < 1.29 is 4.74 Å². The first-order valence-electron chi connectivity index (χ1n) is 5.42. The second-order valence-corrected chi connectivity index (χ2v) is 3.86. The lowest BCUT2D eigenvalue weighted by molar-refractivity contribution is 0.0793. The molecule has 0 bridgehead atoms. The van der Waals surface area contributed by atoms with Gasteiger partial charge in [-0.3, -0.25) is 4.98 Å². The Bertz CT molecular complexity index is 292. The van der Waals surface area contributed by atoms with Gasteiger partial charge in [0.15, 0.2) is 0 Å². The van der Waals surface area contributed by atoms with Crippen molar-refractivity contribution in [2.75, 3.05) is 13.2 Å². The molecule has 1 aliphatic rings. The molecule has 2 heteroatoms. The Labute approximate surface area is 85.3 Å². The van der Waals surface area contributed by atoms with Gasteiger partial charge in [0.25, 0.3) is 0 Å². The molecule has 0 aromatic carbocycles. The van der Waals surface area contributed by atoms with Gasteiger partial charge >= 0.3 is 0 Å². The molecule has 1 fully saturated rings. The third-order valence-electron chi connectivity index (χ3n) is 2.83. The standard InChI is InChI=1S/C12H17NO/c1-2-10-5-6-13-12(8-10)11-4-3-7-14-9-11/h5-6,8,11H,2-4,7,9H2,1H3/t11-/m1/s1. The zero-order chi connectivity index (χ0) is 9.80. The smallest absolute Gasteiger partial charge is 0.0549 e. The SMILES string of the molecule is CCc1ccnc([C@@H]2CCCOC2)c1. The van der Waals surface area contributed by atoms with E-state index in [9.17, 15) is 0 Å². The quantitative estimate of drug-likeness (QED) is 0.716. The minimum Gasteiger partial charge on any atom is -0.381 e. The molecule has 0 N–H and O–H groups in total. The molecule has 1 saturated heterocycles. The maximum atomic E-state index is 5.47. The summed E-state index contributed by atoms with van der Waals surface area (Å²) >= 11 is 0. The van der Waals surface area contributed by atoms with E-state index in [1.807, 2.05) is 6.20 Å². The number of pyridine rings is 1. The van der Waals surface area contributed by atoms with E-state index in [2.05, 4.69) is 24.0 Å². The van der Waals surface area contributed by atoms with E-state index >= 15 is 0 Å². The predicted octanol–water partition coefficient (Wildman–Crippen LogP) is 2.54. The average Bonchev–Trinajstić information content (AvgIpc) is 2.30. The Hall–Kier alpha value is -0.890. The second-order valence-electron chi connectivity index (χ2n) is 3.86. The molecule has 2 nitrogen and oxygen atoms in total. The van der Waals surface area contributed by atoms with E-state index in [4.69, 9.17) is 4.74 Å². The molecule has 0 saturated carbocycles. The summed E-state index contributed by atoms with van der Waals surface area (Å²) in [5.74, 6) is 0.523. The monoisotopic (exact) mass is 191 g/mol. The maximum Gasteiger partial charge on any atom is 0.0549 e. The van der Waals surface area contributed by atoms with Crippen LogP contribution in [0.25, 0.3) is 0 Å². The van der Waals surface area contributed by atoms with Crippen molar-refractivity contribution in [3.05, 3.63) is 29.6 Å². The first kappa shape index (κ1) is 9.66. The van der Waals surface area contributed by atoms with Crippen molar-refractivity contribution in [2.24, 2.45) is 0 Å². The number of hydrogen-bond donors (Lipinski definition) is 0. The summed E-state index contributed by atoms with van der Waals surface area (Å²) < 4.78 is 5.47. The molecule has 0 amide bonds. The van der Waals surface area contributed by atoms with Crippen LogP contribution in [0.2, 0.25) is 0 Å². The fraction of sp³-hybridized carbons (Fsp3) is 0.583. The number of rotatable bonds is 2. The van der Waals surface area contributed by atoms with Crippen LogP contribution in [-0.2, 0) is 11.2 Å². The Balaban J connectivity index is 2.13. The molecular weight excluding hydrogens is 174 g/mol. The van der Waals surface area contributed by atoms with E-state index in [-0.39, 0.29) is 0 Å². The van der Waals surface area contributed by atoms with Crippen LogP contribution in [0.3, 0.4) is 0 Å². The van der Waals surface area contributed by atoms with Crippen molar-refractivity contribution in [3.8, 4) is 0 Å². The first-order chi connectivity index (χ1) is 6.90. The summed E-state index contributed by atoms with van der Waals surface area (Å²) in [5.41, 5.74) is 2.59. The van der Waals surface area contributed by atoms with Gasteiger partial charge in [0.1, 0.15) is 0 Å². The molecule has 1 atom stereocenters. The summed E-state index contributed by atoms with van der Waals surface area (Å²) in [6.45, 7) is 3.95. The molecule has 1 aliphatic heterocycles. The molecule has 1 aromatic heterocycles. The lowest BCUT2D eigenvalue weighted by Crippen LogP contribution is -2.16. The highest BCUT2D eigenvalue weighted by atomic mass is 16.5. The fourth-order valence-electron chi connectivity index (χ4n) is 1.91. The highest BCUT2D eigenvalue weighted by molar-refractivity contribution is 5.19. The molecule has 0 spiro atoms. The molecule has 0 radical (unpaired) electrons. The number of ether oxygens (including phenoxy) is 1. The highest BCUT2D eigenvalue weighted by Crippen LogP contribution is 2.24. The topological polar surface area (TPSA) is 22.1 Å². The number of aromatic nitrogens is 1. The van der Waals surface area contributed by atoms with E-state index < -0.39 is 0 Å². The summed E-state index contributed by atoms with van der Waals surface area (Å²) in [6, 6.07) is 4.31. The van der Waals surface area contributed by atoms with Gasteiger partial charge in [-0.05, 0) is 37.0 Å². The highest BCUT2D eigenvalue weighted by Gasteiger charge is 2.16. The van der Waals surface area contributed by atoms with Gasteiger partial charge < -0.3 is 4.74 Å². The van der Waals surface area contributed by atoms with Crippen LogP contribution in [0.4, 0.5) is 0 Å². The van der Waals surface area contributed by atoms with Crippen LogP contribution in [-0.4, -0.2) is 18.2 Å². The summed E-state index contributed by atoms with van der Waals surface area (Å²) in [7, 11) is 0. The van der Waals surface area contributed by atoms with Crippen LogP contribution in [0.15, 0.2) is 18.3 Å². The van der Waals surface area contributed by atoms with Crippen molar-refractivity contribution >= 4 is 0 Å². The average molecular weight is 191 g/mol. The van der Waals surface area contributed by atoms with Crippen LogP contribution in [0, 0.1) is 0 Å². The summed E-state index contributed by atoms with van der Waals surface area (Å²) in [4.78, 5) is 4.43. The number of hydrogen-bond acceptors (Lipinski definition) is 2. The molecular formula is C12H17NO. The summed E-state index contributed by atoms with van der Waals surface area (Å²) in [5, 5.41) is 0. The van der Waals surface area contributed by atoms with Crippen molar-refractivity contribution in [1.82, 2.24) is 4.98 Å². The maximum absolute atomic E-state index is 5.47. The number of aryl methyl sites for hydroxylation is 1. The molecule has 2 heterocycles. The Morgan fingerprint density at radius 1 is 1.57 bits per heavy atom. The third kappa shape index (κ3) is 2.13. The van der Waals surface area contributed by atoms with E-state index in [0.717, 1.165) is 19.6 Å². The Morgan fingerprint density at radius 2 is 2.50 bits per heavy atom. The summed E-state index contributed by atoms with van der Waals surface area (Å²) in [6.07, 6.45) is 5.40. The van der Waals surface area contributed by atoms with Crippen molar-refractivity contribution in [2.45, 2.75) is 32.1 Å². The molecule has 2 rings (SSSR count). The van der Waals surface area contributed by atoms with Crippen molar-refractivity contribution in [3.63, 3.8) is 0 Å². The van der Waals surface area contributed by atoms with Gasteiger partial charge in [0, 0.05) is 24.4 Å². The minimum atomic E-state index is 0.523. The molecule has 0 aliphatic carbocycles. The largest absolute Gasteiger partial charge is 0.381 e. The zero-order valence-electron chi connectivity index (χ0n) is 8.70. The van der Waals surface area contributed by atoms with Crippen LogP contribution in [0.5, 0.6) is 0 Å². The molecule has 1 aromatic rings. The lowest BCUT2D eigenvalue weighted by Gasteiger charge is -2.21. The van der Waals surface area contributed by atoms with Gasteiger partial charge in [0.2, 0.25) is 0 Å². The predicted molar refractivity (Wildman–Crippen MR) is 56.4 cm³/mol. The van der Waals surface area contributed by atoms with Gasteiger partial charge in [-0.2, -0.15) is 0 Å². The minimum absolute atomic E-state index is 0.523. The van der Waals surface area contributed by atoms with Crippen molar-refractivity contribution in [1.29, 1.82) is 0 Å². The Kier molecular flexibility index (Phi) is 3.14. The zero-order valence-corrected chi connectivity index (χ0v) is 8.70. The fourth-order valence-corrected chi connectivity index (χ4v) is 1.91. The molecule has 0 unspecified atom stereocenters. The van der Waals surface area contributed by atoms with Gasteiger partial charge in [-0.15, -0.1) is 0 Å². The molecule has 76 valence electrons. The van der Waals surface area contributed by atoms with Gasteiger partial charge in [-0.25, -0.2) is 0 Å². The van der Waals surface area contributed by atoms with E-state index in [1.165, 1.54) is 24.1 Å². The van der Waals surface area contributed by atoms with Gasteiger partial charge in [-0.1, -0.05) is 6.92 Å². The molecule has 14 heavy (non-hydrogen) atoms. The van der Waals surface area contributed by atoms with E-state index in [1.54, 1.807) is 0 Å². The normalized spacial score (nSPS) is 22.2. The van der Waals surface area contributed by atoms with E-state index in [0.29, 0.717) is 5.92 Å². The second kappa shape index (κ2) is 4.56. The lowest BCUT2D eigenvalue weighted by atomic mass is 9.97. The van der Waals surface area contributed by atoms with Crippen LogP contribution in [0.1, 0.15) is 36.9 Å². The Morgan fingerprint density at radius 3 is 3.21 bits per heavy atom. The van der Waals surface area contributed by atoms with Crippen LogP contribution < -0.4 is 0 Å². The van der Waals surface area contributed by atoms with Crippen LogP contribution >= 0.6 is 0 Å².